The Bertz CT molecular complexity index is 1220. The van der Waals surface area contributed by atoms with Crippen LogP contribution < -0.4 is 15.1 Å². The van der Waals surface area contributed by atoms with Crippen molar-refractivity contribution in [2.24, 2.45) is 5.10 Å². The lowest BCUT2D eigenvalue weighted by molar-refractivity contribution is -0.122. The van der Waals surface area contributed by atoms with Gasteiger partial charge < -0.3 is 23.8 Å². The number of fused-ring (bicyclic) bond motifs is 4. The largest absolute Gasteiger partial charge is 0.483 e. The van der Waals surface area contributed by atoms with Crippen molar-refractivity contribution < 1.29 is 19.1 Å². The fraction of sp³-hybridized carbons (Fsp3) is 0.458. The van der Waals surface area contributed by atoms with Gasteiger partial charge in [-0.25, -0.2) is 10.2 Å². The van der Waals surface area contributed by atoms with Gasteiger partial charge in [-0.05, 0) is 52.3 Å². The highest BCUT2D eigenvalue weighted by molar-refractivity contribution is 6.10. The maximum absolute atomic E-state index is 12.5. The van der Waals surface area contributed by atoms with E-state index in [0.29, 0.717) is 24.7 Å². The molecule has 1 saturated heterocycles. The number of anilines is 1. The molecular formula is C24H29N5O4. The number of nitrogens with zero attached hydrogens (tertiary/aromatic N) is 4. The first-order chi connectivity index (χ1) is 15.5. The molecule has 1 unspecified atom stereocenters. The summed E-state index contributed by atoms with van der Waals surface area (Å²) >= 11 is 0. The van der Waals surface area contributed by atoms with Crippen molar-refractivity contribution in [3.8, 4) is 5.75 Å². The van der Waals surface area contributed by atoms with Crippen molar-refractivity contribution in [1.29, 1.82) is 0 Å². The van der Waals surface area contributed by atoms with Crippen LogP contribution in [0.3, 0.4) is 0 Å². The van der Waals surface area contributed by atoms with E-state index < -0.39 is 11.6 Å². The summed E-state index contributed by atoms with van der Waals surface area (Å²) in [5, 5.41) is 5.19. The Labute approximate surface area is 192 Å². The summed E-state index contributed by atoms with van der Waals surface area (Å²) in [6.45, 7) is 14.9. The average molecular weight is 452 g/mol. The summed E-state index contributed by atoms with van der Waals surface area (Å²) < 4.78 is 13.7. The van der Waals surface area contributed by atoms with E-state index in [-0.39, 0.29) is 24.1 Å². The number of amides is 2. The third-order valence-electron chi connectivity index (χ3n) is 6.39. The summed E-state index contributed by atoms with van der Waals surface area (Å²) in [5.74, 6) is 1.22. The molecule has 0 radical (unpaired) electrons. The Morgan fingerprint density at radius 2 is 2.09 bits per heavy atom. The molecule has 0 bridgehead atoms. The molecule has 2 aromatic rings. The average Bonchev–Trinajstić information content (AvgIpc) is 3.09. The van der Waals surface area contributed by atoms with Gasteiger partial charge in [0.25, 0.3) is 5.91 Å². The highest BCUT2D eigenvalue weighted by atomic mass is 16.6. The monoisotopic (exact) mass is 451 g/mol. The Morgan fingerprint density at radius 1 is 1.36 bits per heavy atom. The number of rotatable bonds is 2. The molecule has 1 aromatic heterocycles. The van der Waals surface area contributed by atoms with E-state index in [4.69, 9.17) is 9.47 Å². The lowest BCUT2D eigenvalue weighted by Gasteiger charge is -2.49. The first-order valence-corrected chi connectivity index (χ1v) is 11.1. The van der Waals surface area contributed by atoms with Crippen molar-refractivity contribution in [2.45, 2.75) is 51.8 Å². The number of hydrogen-bond donors (Lipinski definition) is 1. The highest BCUT2D eigenvalue weighted by Gasteiger charge is 2.45. The number of carbonyl (C=O) groups excluding carboxylic acids is 2. The van der Waals surface area contributed by atoms with Gasteiger partial charge in [0, 0.05) is 24.7 Å². The molecule has 1 atom stereocenters. The Kier molecular flexibility index (Phi) is 4.53. The normalized spacial score (nSPS) is 21.3. The highest BCUT2D eigenvalue weighted by Crippen LogP contribution is 2.42. The zero-order valence-electron chi connectivity index (χ0n) is 19.6. The van der Waals surface area contributed by atoms with Gasteiger partial charge >= 0.3 is 6.09 Å². The maximum Gasteiger partial charge on any atom is 0.410 e. The Morgan fingerprint density at radius 3 is 2.76 bits per heavy atom. The van der Waals surface area contributed by atoms with Crippen molar-refractivity contribution in [2.75, 3.05) is 24.6 Å². The topological polar surface area (TPSA) is 88.4 Å². The molecule has 4 heterocycles. The predicted molar refractivity (Wildman–Crippen MR) is 126 cm³/mol. The fourth-order valence-electron chi connectivity index (χ4n) is 4.76. The van der Waals surface area contributed by atoms with Gasteiger partial charge in [-0.1, -0.05) is 12.7 Å². The minimum atomic E-state index is -0.533. The molecule has 1 fully saturated rings. The number of hydrogen-bond acceptors (Lipinski definition) is 6. The van der Waals surface area contributed by atoms with E-state index in [1.807, 2.05) is 50.8 Å². The smallest absolute Gasteiger partial charge is 0.410 e. The maximum atomic E-state index is 12.5. The lowest BCUT2D eigenvalue weighted by Crippen LogP contribution is -2.63. The second-order valence-electron chi connectivity index (χ2n) is 10.2. The number of hydrazone groups is 1. The van der Waals surface area contributed by atoms with Gasteiger partial charge in [0.15, 0.2) is 5.84 Å². The van der Waals surface area contributed by atoms with Crippen molar-refractivity contribution in [1.82, 2.24) is 14.9 Å². The van der Waals surface area contributed by atoms with E-state index in [0.717, 1.165) is 22.2 Å². The number of nitrogens with one attached hydrogen (secondary N) is 1. The van der Waals surface area contributed by atoms with E-state index in [9.17, 15) is 9.59 Å². The molecule has 0 spiro atoms. The Balaban J connectivity index is 1.54. The van der Waals surface area contributed by atoms with Crippen molar-refractivity contribution in [3.05, 3.63) is 30.5 Å². The molecule has 1 N–H and O–H groups in total. The number of amidine groups is 1. The first-order valence-electron chi connectivity index (χ1n) is 11.1. The SMILES string of the molecule is C=Cc1cn(C2(C)CN(C(=O)OC(C)(C)C)C2)c2cc3c(cc12)OCC1=NNC(=O)C(C)N13. The van der Waals surface area contributed by atoms with Crippen molar-refractivity contribution >= 4 is 40.5 Å². The molecule has 2 amide bonds. The number of likely N-dealkylation sites (tertiary alicyclic amines) is 1. The summed E-state index contributed by atoms with van der Waals surface area (Å²) in [6, 6.07) is 3.65. The van der Waals surface area contributed by atoms with Crippen molar-refractivity contribution in [3.63, 3.8) is 0 Å². The van der Waals surface area contributed by atoms with Gasteiger partial charge in [-0.3, -0.25) is 4.79 Å². The van der Waals surface area contributed by atoms with Crippen LogP contribution in [0.15, 0.2) is 30.0 Å². The van der Waals surface area contributed by atoms with Gasteiger partial charge in [-0.15, -0.1) is 0 Å². The van der Waals surface area contributed by atoms with E-state index in [2.05, 4.69) is 34.8 Å². The zero-order valence-corrected chi connectivity index (χ0v) is 19.6. The van der Waals surface area contributed by atoms with Gasteiger partial charge in [0.05, 0.1) is 16.7 Å². The standard InChI is InChI=1S/C24H29N5O4/c1-7-15-10-28(24(6)12-27(13-24)22(31)33-23(3,4)5)17-9-18-19(8-16(15)17)32-11-20-25-26-21(30)14(2)29(18)20/h7-10,14H,1,11-13H2,2-6H3,(H,26,30). The van der Waals surface area contributed by atoms with Crippen LogP contribution in [0.5, 0.6) is 5.75 Å². The number of carbonyl (C=O) groups is 2. The third-order valence-corrected chi connectivity index (χ3v) is 6.39. The van der Waals surface area contributed by atoms with Crippen LogP contribution in [-0.2, 0) is 15.1 Å². The molecule has 9 nitrogen and oxygen atoms in total. The molecule has 33 heavy (non-hydrogen) atoms. The second-order valence-corrected chi connectivity index (χ2v) is 10.2. The number of ether oxygens (including phenoxy) is 2. The van der Waals surface area contributed by atoms with Crippen LogP contribution in [0, 0.1) is 0 Å². The van der Waals surface area contributed by atoms with Crippen LogP contribution in [-0.4, -0.2) is 58.6 Å². The molecular weight excluding hydrogens is 422 g/mol. The van der Waals surface area contributed by atoms with Gasteiger partial charge in [0.1, 0.15) is 24.0 Å². The lowest BCUT2D eigenvalue weighted by atomic mass is 9.92. The van der Waals surface area contributed by atoms with Crippen LogP contribution >= 0.6 is 0 Å². The zero-order chi connectivity index (χ0) is 23.7. The molecule has 3 aliphatic heterocycles. The first kappa shape index (κ1) is 21.4. The quantitative estimate of drug-likeness (QED) is 0.757. The van der Waals surface area contributed by atoms with E-state index >= 15 is 0 Å². The van der Waals surface area contributed by atoms with E-state index in [1.54, 1.807) is 4.90 Å². The van der Waals surface area contributed by atoms with Crippen LogP contribution in [0.25, 0.3) is 17.0 Å². The van der Waals surface area contributed by atoms with Crippen LogP contribution in [0.4, 0.5) is 10.5 Å². The predicted octanol–water partition coefficient (Wildman–Crippen LogP) is 3.28. The van der Waals surface area contributed by atoms with Crippen LogP contribution in [0.2, 0.25) is 0 Å². The second kappa shape index (κ2) is 7.00. The van der Waals surface area contributed by atoms with E-state index in [1.165, 1.54) is 0 Å². The minimum Gasteiger partial charge on any atom is -0.483 e. The van der Waals surface area contributed by atoms with Gasteiger partial charge in [0.2, 0.25) is 0 Å². The Hall–Kier alpha value is -3.49. The molecule has 9 heteroatoms. The minimum absolute atomic E-state index is 0.159. The summed E-state index contributed by atoms with van der Waals surface area (Å²) in [7, 11) is 0. The fourth-order valence-corrected chi connectivity index (χ4v) is 4.76. The molecule has 174 valence electrons. The summed E-state index contributed by atoms with van der Waals surface area (Å²) in [6.07, 6.45) is 3.59. The van der Waals surface area contributed by atoms with Crippen LogP contribution in [0.1, 0.15) is 40.2 Å². The summed E-state index contributed by atoms with van der Waals surface area (Å²) in [5.41, 5.74) is 4.49. The molecule has 3 aliphatic rings. The number of aromatic nitrogens is 1. The molecule has 0 aliphatic carbocycles. The number of benzene rings is 1. The molecule has 1 aromatic carbocycles. The summed E-state index contributed by atoms with van der Waals surface area (Å²) in [4.78, 5) is 28.4. The molecule has 0 saturated carbocycles. The third kappa shape index (κ3) is 3.34. The van der Waals surface area contributed by atoms with Gasteiger partial charge in [-0.2, -0.15) is 5.10 Å². The molecule has 5 rings (SSSR count).